The van der Waals surface area contributed by atoms with Crippen molar-refractivity contribution in [1.29, 1.82) is 0 Å². The second kappa shape index (κ2) is 5.97. The van der Waals surface area contributed by atoms with E-state index >= 15 is 0 Å². The van der Waals surface area contributed by atoms with Crippen LogP contribution in [-0.4, -0.2) is 4.92 Å². The van der Waals surface area contributed by atoms with Crippen molar-refractivity contribution >= 4 is 11.4 Å². The first kappa shape index (κ1) is 16.8. The zero-order valence-corrected chi connectivity index (χ0v) is 15.4. The van der Waals surface area contributed by atoms with Crippen LogP contribution >= 0.6 is 0 Å². The quantitative estimate of drug-likeness (QED) is 0.429. The largest absolute Gasteiger partial charge is 0.378 e. The van der Waals surface area contributed by atoms with E-state index in [1.54, 1.807) is 12.1 Å². The summed E-state index contributed by atoms with van der Waals surface area (Å²) in [6.45, 7) is 6.67. The highest BCUT2D eigenvalue weighted by atomic mass is 16.6. The Morgan fingerprint density at radius 3 is 2.50 bits per heavy atom. The summed E-state index contributed by atoms with van der Waals surface area (Å²) in [5.74, 6) is 0.628. The molecule has 0 bridgehead atoms. The number of anilines is 1. The van der Waals surface area contributed by atoms with Crippen LogP contribution in [0.2, 0.25) is 0 Å². The summed E-state index contributed by atoms with van der Waals surface area (Å²) < 4.78 is 0. The molecule has 3 atom stereocenters. The molecule has 1 aliphatic heterocycles. The maximum Gasteiger partial charge on any atom is 0.269 e. The first-order valence-electron chi connectivity index (χ1n) is 9.16. The van der Waals surface area contributed by atoms with Gasteiger partial charge in [-0.2, -0.15) is 0 Å². The fourth-order valence-corrected chi connectivity index (χ4v) is 4.22. The maximum atomic E-state index is 11.1. The van der Waals surface area contributed by atoms with Crippen molar-refractivity contribution in [2.75, 3.05) is 5.32 Å². The van der Waals surface area contributed by atoms with Crippen molar-refractivity contribution in [2.24, 2.45) is 5.92 Å². The Morgan fingerprint density at radius 2 is 1.85 bits per heavy atom. The van der Waals surface area contributed by atoms with E-state index in [0.29, 0.717) is 5.92 Å². The number of nitrogens with zero attached hydrogens (tertiary/aromatic N) is 1. The van der Waals surface area contributed by atoms with Crippen LogP contribution in [0.25, 0.3) is 0 Å². The topological polar surface area (TPSA) is 55.2 Å². The van der Waals surface area contributed by atoms with Gasteiger partial charge in [0.15, 0.2) is 0 Å². The molecule has 2 aliphatic rings. The number of hydrogen-bond acceptors (Lipinski definition) is 3. The number of allylic oxidation sites excluding steroid dienone is 2. The predicted molar refractivity (Wildman–Crippen MR) is 105 cm³/mol. The first-order chi connectivity index (χ1) is 12.3. The second-order valence-corrected chi connectivity index (χ2v) is 8.38. The third-order valence-corrected chi connectivity index (χ3v) is 5.69. The van der Waals surface area contributed by atoms with E-state index in [1.807, 2.05) is 6.07 Å². The average molecular weight is 348 g/mol. The number of nitro benzene ring substituents is 1. The highest BCUT2D eigenvalue weighted by molar-refractivity contribution is 5.63. The summed E-state index contributed by atoms with van der Waals surface area (Å²) in [5, 5.41) is 14.8. The van der Waals surface area contributed by atoms with E-state index in [4.69, 9.17) is 0 Å². The molecule has 0 unspecified atom stereocenters. The molecule has 134 valence electrons. The van der Waals surface area contributed by atoms with Gasteiger partial charge in [0.2, 0.25) is 0 Å². The Kier molecular flexibility index (Phi) is 3.87. The highest BCUT2D eigenvalue weighted by Crippen LogP contribution is 2.50. The molecule has 0 saturated carbocycles. The summed E-state index contributed by atoms with van der Waals surface area (Å²) in [4.78, 5) is 10.8. The number of nitrogens with one attached hydrogen (secondary N) is 1. The van der Waals surface area contributed by atoms with Gasteiger partial charge in [0.25, 0.3) is 5.69 Å². The normalized spacial score (nSPS) is 23.9. The molecular weight excluding hydrogens is 324 g/mol. The van der Waals surface area contributed by atoms with Crippen molar-refractivity contribution in [3.05, 3.63) is 81.4 Å². The van der Waals surface area contributed by atoms with Crippen LogP contribution in [0.3, 0.4) is 0 Å². The molecule has 26 heavy (non-hydrogen) atoms. The predicted octanol–water partition coefficient (Wildman–Crippen LogP) is 5.72. The fraction of sp³-hybridized carbons (Fsp3) is 0.364. The molecule has 0 radical (unpaired) electrons. The van der Waals surface area contributed by atoms with E-state index in [2.05, 4.69) is 62.5 Å². The maximum absolute atomic E-state index is 11.1. The molecule has 2 aromatic rings. The number of hydrogen-bond donors (Lipinski definition) is 1. The van der Waals surface area contributed by atoms with Gasteiger partial charge >= 0.3 is 0 Å². The zero-order chi connectivity index (χ0) is 18.5. The van der Waals surface area contributed by atoms with Gasteiger partial charge in [0.1, 0.15) is 0 Å². The number of fused-ring (bicyclic) bond motifs is 3. The molecule has 0 spiro atoms. The Balaban J connectivity index is 1.70. The third kappa shape index (κ3) is 2.79. The summed E-state index contributed by atoms with van der Waals surface area (Å²) in [7, 11) is 0. The Morgan fingerprint density at radius 1 is 1.12 bits per heavy atom. The lowest BCUT2D eigenvalue weighted by Gasteiger charge is -2.37. The molecule has 4 nitrogen and oxygen atoms in total. The number of non-ortho nitro benzene ring substituents is 1. The zero-order valence-electron chi connectivity index (χ0n) is 15.4. The van der Waals surface area contributed by atoms with Crippen molar-refractivity contribution in [3.8, 4) is 0 Å². The van der Waals surface area contributed by atoms with Crippen LogP contribution in [0.15, 0.2) is 54.6 Å². The van der Waals surface area contributed by atoms with Gasteiger partial charge in [-0.3, -0.25) is 10.1 Å². The SMILES string of the molecule is CC(C)(C)c1ccc([C@@H]2Nc3ccc([N+](=O)[O-])cc3[C@H]3C=CC[C@@H]32)cc1. The molecule has 0 amide bonds. The van der Waals surface area contributed by atoms with Crippen LogP contribution in [0.5, 0.6) is 0 Å². The standard InChI is InChI=1S/C22H24N2O2/c1-22(2,3)15-9-7-14(8-10-15)21-18-6-4-5-17(18)19-13-16(24(25)26)11-12-20(19)23-21/h4-5,7-13,17-18,21,23H,6H2,1-3H3/t17-,18-,21-/m0/s1. The molecule has 1 heterocycles. The van der Waals surface area contributed by atoms with Gasteiger partial charge in [-0.25, -0.2) is 0 Å². The van der Waals surface area contributed by atoms with Crippen molar-refractivity contribution in [2.45, 2.75) is 44.6 Å². The van der Waals surface area contributed by atoms with Crippen molar-refractivity contribution < 1.29 is 4.92 Å². The highest BCUT2D eigenvalue weighted by Gasteiger charge is 2.38. The van der Waals surface area contributed by atoms with Crippen LogP contribution in [0, 0.1) is 16.0 Å². The summed E-state index contributed by atoms with van der Waals surface area (Å²) >= 11 is 0. The summed E-state index contributed by atoms with van der Waals surface area (Å²) in [6.07, 6.45) is 5.41. The van der Waals surface area contributed by atoms with E-state index in [-0.39, 0.29) is 28.0 Å². The average Bonchev–Trinajstić information content (AvgIpc) is 3.10. The van der Waals surface area contributed by atoms with E-state index in [9.17, 15) is 10.1 Å². The molecule has 1 N–H and O–H groups in total. The van der Waals surface area contributed by atoms with E-state index in [0.717, 1.165) is 17.7 Å². The molecule has 0 aromatic heterocycles. The lowest BCUT2D eigenvalue weighted by atomic mass is 9.76. The van der Waals surface area contributed by atoms with Crippen molar-refractivity contribution in [1.82, 2.24) is 0 Å². The molecule has 4 rings (SSSR count). The molecule has 0 fully saturated rings. The minimum Gasteiger partial charge on any atom is -0.378 e. The molecular formula is C22H24N2O2. The summed E-state index contributed by atoms with van der Waals surface area (Å²) in [5.41, 5.74) is 4.96. The van der Waals surface area contributed by atoms with Gasteiger partial charge in [0, 0.05) is 23.7 Å². The van der Waals surface area contributed by atoms with Gasteiger partial charge in [-0.05, 0) is 40.5 Å². The molecule has 1 aliphatic carbocycles. The summed E-state index contributed by atoms with van der Waals surface area (Å²) in [6, 6.07) is 14.3. The molecule has 0 saturated heterocycles. The lowest BCUT2D eigenvalue weighted by Crippen LogP contribution is -2.29. The van der Waals surface area contributed by atoms with E-state index in [1.165, 1.54) is 11.1 Å². The van der Waals surface area contributed by atoms with Gasteiger partial charge in [0.05, 0.1) is 11.0 Å². The Labute approximate surface area is 154 Å². The second-order valence-electron chi connectivity index (χ2n) is 8.38. The van der Waals surface area contributed by atoms with Crippen LogP contribution in [0.1, 0.15) is 55.8 Å². The number of nitro groups is 1. The number of rotatable bonds is 2. The Hall–Kier alpha value is -2.62. The minimum absolute atomic E-state index is 0.140. The fourth-order valence-electron chi connectivity index (χ4n) is 4.22. The van der Waals surface area contributed by atoms with Gasteiger partial charge in [-0.15, -0.1) is 0 Å². The number of benzene rings is 2. The molecule has 4 heteroatoms. The lowest BCUT2D eigenvalue weighted by molar-refractivity contribution is -0.384. The van der Waals surface area contributed by atoms with Gasteiger partial charge in [-0.1, -0.05) is 57.2 Å². The van der Waals surface area contributed by atoms with E-state index < -0.39 is 0 Å². The first-order valence-corrected chi connectivity index (χ1v) is 9.16. The van der Waals surface area contributed by atoms with Crippen LogP contribution in [-0.2, 0) is 5.41 Å². The minimum atomic E-state index is -0.314. The van der Waals surface area contributed by atoms with Crippen molar-refractivity contribution in [3.63, 3.8) is 0 Å². The Bertz CT molecular complexity index is 878. The molecule has 2 aromatic carbocycles. The third-order valence-electron chi connectivity index (χ3n) is 5.69. The van der Waals surface area contributed by atoms with Crippen LogP contribution in [0.4, 0.5) is 11.4 Å². The van der Waals surface area contributed by atoms with Gasteiger partial charge < -0.3 is 5.32 Å². The smallest absolute Gasteiger partial charge is 0.269 e. The monoisotopic (exact) mass is 348 g/mol. The van der Waals surface area contributed by atoms with Crippen LogP contribution < -0.4 is 5.32 Å².